The highest BCUT2D eigenvalue weighted by Crippen LogP contribution is 2.29. The van der Waals surface area contributed by atoms with Gasteiger partial charge >= 0.3 is 0 Å². The van der Waals surface area contributed by atoms with Gasteiger partial charge in [0.1, 0.15) is 30.1 Å². The van der Waals surface area contributed by atoms with Gasteiger partial charge in [-0.25, -0.2) is 0 Å². The van der Waals surface area contributed by atoms with Crippen LogP contribution in [-0.4, -0.2) is 150 Å². The Morgan fingerprint density at radius 3 is 2.50 bits per heavy atom. The summed E-state index contributed by atoms with van der Waals surface area (Å²) >= 11 is 0. The topological polar surface area (TPSA) is 173 Å². The molecule has 6 bridgehead atoms. The van der Waals surface area contributed by atoms with Crippen LogP contribution in [0.3, 0.4) is 0 Å². The largest absolute Gasteiger partial charge is 0.484 e. The molecule has 0 unspecified atom stereocenters. The van der Waals surface area contributed by atoms with Crippen LogP contribution in [0.5, 0.6) is 5.75 Å². The molecule has 5 heterocycles. The van der Waals surface area contributed by atoms with Crippen LogP contribution in [-0.2, 0) is 23.9 Å². The van der Waals surface area contributed by atoms with Crippen LogP contribution in [0.1, 0.15) is 25.7 Å². The van der Waals surface area contributed by atoms with Crippen molar-refractivity contribution in [2.75, 3.05) is 52.4 Å². The average Bonchev–Trinajstić information content (AvgIpc) is 3.58. The van der Waals surface area contributed by atoms with E-state index >= 15 is 0 Å². The third kappa shape index (κ3) is 6.54. The van der Waals surface area contributed by atoms with Gasteiger partial charge < -0.3 is 45.4 Å². The van der Waals surface area contributed by atoms with E-state index in [0.717, 1.165) is 25.9 Å². The van der Waals surface area contributed by atoms with E-state index in [4.69, 9.17) is 9.47 Å². The minimum atomic E-state index is -1.31. The van der Waals surface area contributed by atoms with E-state index in [1.807, 2.05) is 6.07 Å². The van der Waals surface area contributed by atoms with Gasteiger partial charge in [-0.1, -0.05) is 18.2 Å². The maximum Gasteiger partial charge on any atom is 0.261 e. The van der Waals surface area contributed by atoms with Gasteiger partial charge in [0.2, 0.25) is 17.7 Å². The maximum atomic E-state index is 14.1. The molecule has 0 radical (unpaired) electrons. The molecule has 4 amide bonds. The van der Waals surface area contributed by atoms with Crippen LogP contribution in [0, 0.1) is 0 Å². The number of benzene rings is 1. The maximum absolute atomic E-state index is 14.1. The summed E-state index contributed by atoms with van der Waals surface area (Å²) in [6, 6.07) is 7.33. The van der Waals surface area contributed by atoms with Crippen LogP contribution in [0.25, 0.3) is 0 Å². The smallest absolute Gasteiger partial charge is 0.261 e. The normalized spacial score (nSPS) is 34.0. The second-order valence-corrected chi connectivity index (χ2v) is 12.3. The van der Waals surface area contributed by atoms with Crippen LogP contribution in [0.2, 0.25) is 0 Å². The van der Waals surface area contributed by atoms with Gasteiger partial charge in [-0.3, -0.25) is 24.1 Å². The summed E-state index contributed by atoms with van der Waals surface area (Å²) in [7, 11) is 0. The first-order valence-corrected chi connectivity index (χ1v) is 15.6. The molecule has 14 heteroatoms. The van der Waals surface area contributed by atoms with Crippen LogP contribution < -0.4 is 20.7 Å². The van der Waals surface area contributed by atoms with Crippen molar-refractivity contribution in [2.24, 2.45) is 0 Å². The number of carbonyl (C=O) groups excluding carboxylic acids is 4. The van der Waals surface area contributed by atoms with Gasteiger partial charge in [0.05, 0.1) is 25.1 Å². The molecule has 0 saturated carbocycles. The SMILES string of the molecule is O=C1C[C@@H]2O[C@H](CNC(=O)[C@@H]3CN(CCN3C(=O)COc3ccccc3)C(=O)[C@@H]3C[C@@H](CN3C3CCNCC3)N1)[C@@H](O)[C@H]2O. The minimum Gasteiger partial charge on any atom is -0.484 e. The number of likely N-dealkylation sites (tertiary alicyclic amines) is 1. The number of nitrogens with one attached hydrogen (secondary N) is 3. The Bertz CT molecular complexity index is 1220. The van der Waals surface area contributed by atoms with E-state index in [1.54, 1.807) is 29.2 Å². The lowest BCUT2D eigenvalue weighted by Crippen LogP contribution is -2.64. The Morgan fingerprint density at radius 1 is 0.977 bits per heavy atom. The Labute approximate surface area is 256 Å². The van der Waals surface area contributed by atoms with Gasteiger partial charge in [0, 0.05) is 38.3 Å². The molecular weight excluding hydrogens is 572 g/mol. The molecule has 14 nitrogen and oxygen atoms in total. The lowest BCUT2D eigenvalue weighted by atomic mass is 10.0. The number of hydrogen-bond acceptors (Lipinski definition) is 10. The number of hydrogen-bond donors (Lipinski definition) is 5. The molecule has 7 atom stereocenters. The van der Waals surface area contributed by atoms with Crippen molar-refractivity contribution in [2.45, 2.75) is 74.3 Å². The molecule has 5 fully saturated rings. The molecule has 44 heavy (non-hydrogen) atoms. The van der Waals surface area contributed by atoms with Gasteiger partial charge in [-0.05, 0) is 44.5 Å². The lowest BCUT2D eigenvalue weighted by Gasteiger charge is -2.43. The molecule has 5 saturated heterocycles. The van der Waals surface area contributed by atoms with Crippen LogP contribution in [0.15, 0.2) is 30.3 Å². The van der Waals surface area contributed by atoms with E-state index < -0.39 is 42.4 Å². The van der Waals surface area contributed by atoms with Crippen molar-refractivity contribution in [1.82, 2.24) is 30.7 Å². The molecule has 5 aliphatic rings. The van der Waals surface area contributed by atoms with Crippen molar-refractivity contribution < 1.29 is 38.9 Å². The Hall–Kier alpha value is -3.30. The summed E-state index contributed by atoms with van der Waals surface area (Å²) in [6.07, 6.45) is -2.51. The third-order valence-corrected chi connectivity index (χ3v) is 9.51. The summed E-state index contributed by atoms with van der Waals surface area (Å²) in [5.74, 6) is -0.811. The third-order valence-electron chi connectivity index (χ3n) is 9.51. The molecule has 0 spiro atoms. The van der Waals surface area contributed by atoms with Gasteiger partial charge in [-0.2, -0.15) is 0 Å². The summed E-state index contributed by atoms with van der Waals surface area (Å²) < 4.78 is 11.5. The van der Waals surface area contributed by atoms with E-state index in [2.05, 4.69) is 20.9 Å². The van der Waals surface area contributed by atoms with Crippen LogP contribution in [0.4, 0.5) is 0 Å². The summed E-state index contributed by atoms with van der Waals surface area (Å²) in [6.45, 7) is 2.17. The molecule has 0 aliphatic carbocycles. The number of para-hydroxylation sites is 1. The highest BCUT2D eigenvalue weighted by molar-refractivity contribution is 5.90. The van der Waals surface area contributed by atoms with Crippen molar-refractivity contribution in [3.05, 3.63) is 30.3 Å². The number of aliphatic hydroxyl groups is 2. The fourth-order valence-corrected chi connectivity index (χ4v) is 7.16. The Balaban J connectivity index is 1.25. The number of piperidine rings is 1. The van der Waals surface area contributed by atoms with Crippen molar-refractivity contribution in [3.63, 3.8) is 0 Å². The lowest BCUT2D eigenvalue weighted by molar-refractivity contribution is -0.151. The number of nitrogens with zero attached hydrogens (tertiary/aromatic N) is 3. The first-order valence-electron chi connectivity index (χ1n) is 15.6. The molecule has 6 rings (SSSR count). The second kappa shape index (κ2) is 13.4. The average molecular weight is 615 g/mol. The number of rotatable bonds is 4. The predicted molar refractivity (Wildman–Crippen MR) is 155 cm³/mol. The highest BCUT2D eigenvalue weighted by Gasteiger charge is 2.48. The summed E-state index contributed by atoms with van der Waals surface area (Å²) in [5.41, 5.74) is 0. The second-order valence-electron chi connectivity index (χ2n) is 12.3. The summed E-state index contributed by atoms with van der Waals surface area (Å²) in [4.78, 5) is 59.4. The highest BCUT2D eigenvalue weighted by atomic mass is 16.5. The predicted octanol–water partition coefficient (Wildman–Crippen LogP) is -2.57. The van der Waals surface area contributed by atoms with E-state index in [0.29, 0.717) is 18.7 Å². The molecule has 1 aromatic carbocycles. The standard InChI is InChI=1S/C30H42N6O8/c37-25-13-23-27(39)28(40)24(44-23)14-32-29(41)22-16-34(10-11-35(22)26(38)17-43-20-4-2-1-3-5-20)30(42)21-12-18(33-25)15-36(21)19-6-8-31-9-7-19/h1-5,18-19,21-24,27-28,31,39-40H,6-17H2,(H,32,41)(H,33,37)/t18-,21-,22-,23-,24+,27-,28+/m0/s1. The zero-order valence-electron chi connectivity index (χ0n) is 24.7. The van der Waals surface area contributed by atoms with Crippen molar-refractivity contribution in [3.8, 4) is 5.75 Å². The number of aliphatic hydroxyl groups excluding tert-OH is 2. The fourth-order valence-electron chi connectivity index (χ4n) is 7.16. The molecular formula is C30H42N6O8. The van der Waals surface area contributed by atoms with Crippen molar-refractivity contribution in [1.29, 1.82) is 0 Å². The molecule has 5 N–H and O–H groups in total. The van der Waals surface area contributed by atoms with E-state index in [-0.39, 0.29) is 69.0 Å². The van der Waals surface area contributed by atoms with Crippen LogP contribution >= 0.6 is 0 Å². The Morgan fingerprint density at radius 2 is 1.73 bits per heavy atom. The quantitative estimate of drug-likeness (QED) is 0.243. The first kappa shape index (κ1) is 30.7. The number of ether oxygens (including phenoxy) is 2. The molecule has 240 valence electrons. The number of fused-ring (bicyclic) bond motifs is 6. The fraction of sp³-hybridized carbons (Fsp3) is 0.667. The van der Waals surface area contributed by atoms with Gasteiger partial charge in [-0.15, -0.1) is 0 Å². The molecule has 0 aromatic heterocycles. The summed E-state index contributed by atoms with van der Waals surface area (Å²) in [5, 5.41) is 30.4. The van der Waals surface area contributed by atoms with E-state index in [9.17, 15) is 29.4 Å². The minimum absolute atomic E-state index is 0.00530. The van der Waals surface area contributed by atoms with Gasteiger partial charge in [0.15, 0.2) is 6.61 Å². The number of piperazine rings is 1. The molecule has 5 aliphatic heterocycles. The number of amides is 4. The monoisotopic (exact) mass is 614 g/mol. The Kier molecular flexibility index (Phi) is 9.33. The van der Waals surface area contributed by atoms with E-state index in [1.165, 1.54) is 4.90 Å². The zero-order chi connectivity index (χ0) is 30.8. The zero-order valence-corrected chi connectivity index (χ0v) is 24.7. The molecule has 1 aromatic rings. The van der Waals surface area contributed by atoms with Crippen molar-refractivity contribution >= 4 is 23.6 Å². The first-order chi connectivity index (χ1) is 21.3. The number of carbonyl (C=O) groups is 4. The van der Waals surface area contributed by atoms with Gasteiger partial charge in [0.25, 0.3) is 5.91 Å².